The van der Waals surface area contributed by atoms with Gasteiger partial charge in [-0.15, -0.1) is 10.2 Å². The number of rotatable bonds is 5. The number of esters is 1. The van der Waals surface area contributed by atoms with Crippen molar-refractivity contribution < 1.29 is 18.7 Å². The quantitative estimate of drug-likeness (QED) is 0.502. The fraction of sp³-hybridized carbons (Fsp3) is 0.0909. The molecule has 0 saturated carbocycles. The van der Waals surface area contributed by atoms with E-state index < -0.39 is 5.97 Å². The molecule has 0 saturated heterocycles. The molecule has 0 aliphatic carbocycles. The van der Waals surface area contributed by atoms with Crippen LogP contribution in [0, 0.1) is 0 Å². The molecule has 30 heavy (non-hydrogen) atoms. The molecule has 0 aliphatic heterocycles. The molecule has 2 heterocycles. The first-order chi connectivity index (χ1) is 14.6. The highest BCUT2D eigenvalue weighted by atomic mass is 16.5. The van der Waals surface area contributed by atoms with Crippen molar-refractivity contribution in [1.29, 1.82) is 0 Å². The predicted molar refractivity (Wildman–Crippen MR) is 111 cm³/mol. The van der Waals surface area contributed by atoms with Gasteiger partial charge >= 0.3 is 5.97 Å². The van der Waals surface area contributed by atoms with Gasteiger partial charge in [-0.05, 0) is 54.6 Å². The normalized spacial score (nSPS) is 10.6. The summed E-state index contributed by atoms with van der Waals surface area (Å²) >= 11 is 0. The summed E-state index contributed by atoms with van der Waals surface area (Å²) in [7, 11) is 2.83. The fourth-order valence-electron chi connectivity index (χ4n) is 2.88. The molecule has 0 aliphatic rings. The standard InChI is InChI=1S/C22H17N3O5/c1-28-15-7-9-19-16(11-15)18(26)12-20(30-19)13-3-5-14(6-4-13)23-21-10-8-17(24-25-21)22(27)29-2/h3-12H,1-2H3,(H,23,25). The average molecular weight is 403 g/mol. The van der Waals surface area contributed by atoms with Crippen LogP contribution in [0.2, 0.25) is 0 Å². The first-order valence-electron chi connectivity index (χ1n) is 8.99. The zero-order chi connectivity index (χ0) is 21.1. The summed E-state index contributed by atoms with van der Waals surface area (Å²) in [5.41, 5.74) is 1.98. The van der Waals surface area contributed by atoms with E-state index in [1.165, 1.54) is 19.2 Å². The van der Waals surface area contributed by atoms with E-state index in [9.17, 15) is 9.59 Å². The van der Waals surface area contributed by atoms with Crippen molar-refractivity contribution in [3.63, 3.8) is 0 Å². The van der Waals surface area contributed by atoms with Crippen LogP contribution in [-0.2, 0) is 4.74 Å². The molecule has 4 rings (SSSR count). The number of ether oxygens (including phenoxy) is 2. The lowest BCUT2D eigenvalue weighted by atomic mass is 10.1. The Hall–Kier alpha value is -4.20. The van der Waals surface area contributed by atoms with Gasteiger partial charge in [0.25, 0.3) is 0 Å². The first-order valence-corrected chi connectivity index (χ1v) is 8.99. The van der Waals surface area contributed by atoms with E-state index in [2.05, 4.69) is 20.3 Å². The van der Waals surface area contributed by atoms with Crippen molar-refractivity contribution in [2.45, 2.75) is 0 Å². The second-order valence-electron chi connectivity index (χ2n) is 6.33. The minimum absolute atomic E-state index is 0.127. The zero-order valence-electron chi connectivity index (χ0n) is 16.2. The van der Waals surface area contributed by atoms with Crippen LogP contribution in [0.3, 0.4) is 0 Å². The topological polar surface area (TPSA) is 104 Å². The van der Waals surface area contributed by atoms with E-state index in [1.807, 2.05) is 24.3 Å². The van der Waals surface area contributed by atoms with E-state index in [4.69, 9.17) is 9.15 Å². The Bertz CT molecular complexity index is 1260. The Morgan fingerprint density at radius 3 is 2.43 bits per heavy atom. The smallest absolute Gasteiger partial charge is 0.358 e. The van der Waals surface area contributed by atoms with E-state index in [1.54, 1.807) is 31.4 Å². The van der Waals surface area contributed by atoms with Crippen LogP contribution < -0.4 is 15.5 Å². The van der Waals surface area contributed by atoms with Crippen molar-refractivity contribution in [3.8, 4) is 17.1 Å². The number of hydrogen-bond donors (Lipinski definition) is 1. The summed E-state index contributed by atoms with van der Waals surface area (Å²) in [6, 6.07) is 17.0. The van der Waals surface area contributed by atoms with Crippen LogP contribution in [0.5, 0.6) is 5.75 Å². The molecular formula is C22H17N3O5. The third kappa shape index (κ3) is 3.83. The van der Waals surface area contributed by atoms with Crippen molar-refractivity contribution in [2.75, 3.05) is 19.5 Å². The van der Waals surface area contributed by atoms with Gasteiger partial charge in [0.05, 0.1) is 19.6 Å². The van der Waals surface area contributed by atoms with Crippen molar-refractivity contribution in [1.82, 2.24) is 10.2 Å². The molecule has 4 aromatic rings. The highest BCUT2D eigenvalue weighted by Gasteiger charge is 2.10. The van der Waals surface area contributed by atoms with Gasteiger partial charge < -0.3 is 19.2 Å². The molecule has 2 aromatic heterocycles. The summed E-state index contributed by atoms with van der Waals surface area (Å²) in [4.78, 5) is 23.9. The van der Waals surface area contributed by atoms with Crippen LogP contribution in [-0.4, -0.2) is 30.4 Å². The minimum atomic E-state index is -0.547. The Kier molecular flexibility index (Phi) is 5.13. The van der Waals surface area contributed by atoms with Crippen LogP contribution in [0.25, 0.3) is 22.3 Å². The Morgan fingerprint density at radius 2 is 1.77 bits per heavy atom. The van der Waals surface area contributed by atoms with Gasteiger partial charge in [0.2, 0.25) is 0 Å². The summed E-state index contributed by atoms with van der Waals surface area (Å²) in [5.74, 6) is 0.988. The molecule has 0 bridgehead atoms. The van der Waals surface area contributed by atoms with Crippen molar-refractivity contribution >= 4 is 28.4 Å². The second-order valence-corrected chi connectivity index (χ2v) is 6.33. The van der Waals surface area contributed by atoms with E-state index >= 15 is 0 Å². The fourth-order valence-corrected chi connectivity index (χ4v) is 2.88. The van der Waals surface area contributed by atoms with Gasteiger partial charge in [-0.25, -0.2) is 4.79 Å². The number of nitrogens with zero attached hydrogens (tertiary/aromatic N) is 2. The molecule has 0 amide bonds. The molecule has 0 unspecified atom stereocenters. The number of hydrogen-bond acceptors (Lipinski definition) is 8. The van der Waals surface area contributed by atoms with E-state index in [0.29, 0.717) is 28.3 Å². The van der Waals surface area contributed by atoms with E-state index in [0.717, 1.165) is 11.3 Å². The third-order valence-corrected chi connectivity index (χ3v) is 4.44. The molecule has 0 spiro atoms. The summed E-state index contributed by atoms with van der Waals surface area (Å²) in [6.07, 6.45) is 0. The first kappa shape index (κ1) is 19.1. The average Bonchev–Trinajstić information content (AvgIpc) is 2.79. The maximum atomic E-state index is 12.5. The molecule has 8 heteroatoms. The highest BCUT2D eigenvalue weighted by molar-refractivity contribution is 5.87. The predicted octanol–water partition coefficient (Wildman–Crippen LogP) is 3.79. The van der Waals surface area contributed by atoms with Gasteiger partial charge in [-0.3, -0.25) is 4.79 Å². The molecule has 1 N–H and O–H groups in total. The van der Waals surface area contributed by atoms with Crippen molar-refractivity contribution in [3.05, 3.63) is 76.6 Å². The number of carbonyl (C=O) groups excluding carboxylic acids is 1. The Morgan fingerprint density at radius 1 is 0.967 bits per heavy atom. The summed E-state index contributed by atoms with van der Waals surface area (Å²) in [5, 5.41) is 11.3. The van der Waals surface area contributed by atoms with Crippen LogP contribution in [0.4, 0.5) is 11.5 Å². The van der Waals surface area contributed by atoms with E-state index in [-0.39, 0.29) is 11.1 Å². The molecular weight excluding hydrogens is 386 g/mol. The van der Waals surface area contributed by atoms with Gasteiger partial charge in [-0.2, -0.15) is 0 Å². The minimum Gasteiger partial charge on any atom is -0.497 e. The van der Waals surface area contributed by atoms with Gasteiger partial charge in [0, 0.05) is 17.3 Å². The number of aromatic nitrogens is 2. The monoisotopic (exact) mass is 403 g/mol. The lowest BCUT2D eigenvalue weighted by Crippen LogP contribution is -2.06. The number of methoxy groups -OCH3 is 2. The zero-order valence-corrected chi connectivity index (χ0v) is 16.2. The van der Waals surface area contributed by atoms with Crippen molar-refractivity contribution in [2.24, 2.45) is 0 Å². The number of fused-ring (bicyclic) bond motifs is 1. The van der Waals surface area contributed by atoms with Crippen LogP contribution >= 0.6 is 0 Å². The van der Waals surface area contributed by atoms with Gasteiger partial charge in [0.1, 0.15) is 17.1 Å². The molecule has 0 radical (unpaired) electrons. The Labute approximate surface area is 171 Å². The molecule has 0 fully saturated rings. The van der Waals surface area contributed by atoms with Gasteiger partial charge in [0.15, 0.2) is 16.9 Å². The Balaban J connectivity index is 1.56. The number of benzene rings is 2. The molecule has 0 atom stereocenters. The number of nitrogens with one attached hydrogen (secondary N) is 1. The van der Waals surface area contributed by atoms with Crippen LogP contribution in [0.1, 0.15) is 10.5 Å². The maximum Gasteiger partial charge on any atom is 0.358 e. The maximum absolute atomic E-state index is 12.5. The summed E-state index contributed by atoms with van der Waals surface area (Å²) in [6.45, 7) is 0. The molecule has 150 valence electrons. The second kappa shape index (κ2) is 8.04. The highest BCUT2D eigenvalue weighted by Crippen LogP contribution is 2.26. The molecule has 8 nitrogen and oxygen atoms in total. The molecule has 2 aromatic carbocycles. The summed E-state index contributed by atoms with van der Waals surface area (Å²) < 4.78 is 15.6. The third-order valence-electron chi connectivity index (χ3n) is 4.44. The number of carbonyl (C=O) groups is 1. The van der Waals surface area contributed by atoms with Crippen LogP contribution in [0.15, 0.2) is 69.9 Å². The lowest BCUT2D eigenvalue weighted by Gasteiger charge is -2.08. The van der Waals surface area contributed by atoms with Gasteiger partial charge in [-0.1, -0.05) is 0 Å². The largest absolute Gasteiger partial charge is 0.497 e. The lowest BCUT2D eigenvalue weighted by molar-refractivity contribution is 0.0593. The number of anilines is 2. The SMILES string of the molecule is COC(=O)c1ccc(Nc2ccc(-c3cc(=O)c4cc(OC)ccc4o3)cc2)nn1.